The highest BCUT2D eigenvalue weighted by Crippen LogP contribution is 2.37. The van der Waals surface area contributed by atoms with Gasteiger partial charge >= 0.3 is 0 Å². The van der Waals surface area contributed by atoms with Gasteiger partial charge in [0, 0.05) is 5.39 Å². The summed E-state index contributed by atoms with van der Waals surface area (Å²) in [7, 11) is 0. The first kappa shape index (κ1) is 16.1. The van der Waals surface area contributed by atoms with Crippen molar-refractivity contribution in [2.45, 2.75) is 32.1 Å². The van der Waals surface area contributed by atoms with E-state index in [2.05, 4.69) is 0 Å². The third-order valence-electron chi connectivity index (χ3n) is 5.14. The maximum Gasteiger partial charge on any atom is 0.194 e. The highest BCUT2D eigenvalue weighted by Gasteiger charge is 2.28. The fourth-order valence-electron chi connectivity index (χ4n) is 3.83. The summed E-state index contributed by atoms with van der Waals surface area (Å²) >= 11 is 0. The molecule has 0 saturated carbocycles. The highest BCUT2D eigenvalue weighted by molar-refractivity contribution is 5.84. The molecular formula is C21H16F4. The summed E-state index contributed by atoms with van der Waals surface area (Å²) in [5.74, 6) is -4.19. The molecule has 0 amide bonds. The molecule has 0 aromatic heterocycles. The van der Waals surface area contributed by atoms with Crippen molar-refractivity contribution in [2.75, 3.05) is 0 Å². The van der Waals surface area contributed by atoms with Crippen LogP contribution < -0.4 is 0 Å². The molecular weight excluding hydrogens is 328 g/mol. The number of hydrogen-bond acceptors (Lipinski definition) is 0. The zero-order chi connectivity index (χ0) is 17.7. The molecule has 0 radical (unpaired) electrons. The zero-order valence-electron chi connectivity index (χ0n) is 13.7. The van der Waals surface area contributed by atoms with Crippen LogP contribution in [-0.2, 0) is 12.8 Å². The molecule has 0 fully saturated rings. The van der Waals surface area contributed by atoms with Gasteiger partial charge in [-0.2, -0.15) is 0 Å². The Balaban J connectivity index is 1.76. The van der Waals surface area contributed by atoms with E-state index in [1.54, 1.807) is 12.1 Å². The fraction of sp³-hybridized carbons (Fsp3) is 0.238. The molecule has 0 aliphatic heterocycles. The van der Waals surface area contributed by atoms with Crippen LogP contribution in [0, 0.1) is 30.2 Å². The maximum atomic E-state index is 15.0. The zero-order valence-corrected chi connectivity index (χ0v) is 13.7. The Kier molecular flexibility index (Phi) is 3.78. The van der Waals surface area contributed by atoms with Gasteiger partial charge in [-0.25, -0.2) is 17.6 Å². The molecule has 4 heteroatoms. The second-order valence-electron chi connectivity index (χ2n) is 6.76. The highest BCUT2D eigenvalue weighted by atomic mass is 19.2. The molecule has 0 bridgehead atoms. The topological polar surface area (TPSA) is 0 Å². The van der Waals surface area contributed by atoms with Crippen molar-refractivity contribution in [3.05, 3.63) is 81.9 Å². The molecule has 4 rings (SSSR count). The number of benzene rings is 3. The lowest BCUT2D eigenvalue weighted by atomic mass is 9.79. The minimum absolute atomic E-state index is 0.178. The van der Waals surface area contributed by atoms with E-state index in [0.29, 0.717) is 29.4 Å². The largest absolute Gasteiger partial charge is 0.206 e. The molecule has 1 atom stereocenters. The number of halogens is 4. The van der Waals surface area contributed by atoms with Gasteiger partial charge in [0.1, 0.15) is 5.82 Å². The SMILES string of the molecule is Cc1ccc2c(F)c(C3CCc4c(cc(F)c(F)c4F)C3)ccc2c1. The minimum atomic E-state index is -1.43. The summed E-state index contributed by atoms with van der Waals surface area (Å²) in [5.41, 5.74) is 2.24. The lowest BCUT2D eigenvalue weighted by Gasteiger charge is -2.26. The van der Waals surface area contributed by atoms with E-state index in [1.165, 1.54) is 0 Å². The van der Waals surface area contributed by atoms with E-state index in [-0.39, 0.29) is 23.7 Å². The van der Waals surface area contributed by atoms with Crippen molar-refractivity contribution in [2.24, 2.45) is 0 Å². The summed E-state index contributed by atoms with van der Waals surface area (Å²) in [6, 6.07) is 10.2. The predicted molar refractivity (Wildman–Crippen MR) is 89.7 cm³/mol. The van der Waals surface area contributed by atoms with Crippen LogP contribution in [0.1, 0.15) is 34.6 Å². The van der Waals surface area contributed by atoms with Crippen LogP contribution in [0.15, 0.2) is 36.4 Å². The second kappa shape index (κ2) is 5.87. The molecule has 0 saturated heterocycles. The predicted octanol–water partition coefficient (Wildman–Crippen LogP) is 5.98. The van der Waals surface area contributed by atoms with Gasteiger partial charge < -0.3 is 0 Å². The third-order valence-corrected chi connectivity index (χ3v) is 5.14. The Morgan fingerprint density at radius 3 is 2.48 bits per heavy atom. The van der Waals surface area contributed by atoms with Gasteiger partial charge in [-0.3, -0.25) is 0 Å². The molecule has 0 heterocycles. The molecule has 0 spiro atoms. The van der Waals surface area contributed by atoms with Gasteiger partial charge in [-0.05, 0) is 60.2 Å². The van der Waals surface area contributed by atoms with Crippen LogP contribution in [0.4, 0.5) is 17.6 Å². The van der Waals surface area contributed by atoms with Gasteiger partial charge in [-0.15, -0.1) is 0 Å². The normalized spacial score (nSPS) is 16.9. The monoisotopic (exact) mass is 344 g/mol. The standard InChI is InChI=1S/C21H16F4/c1-11-2-5-15-12(8-11)3-6-16(19(15)23)13-4-7-17-14(9-13)10-18(22)21(25)20(17)24/h2-3,5-6,8,10,13H,4,7,9H2,1H3. The number of aryl methyl sites for hydroxylation is 1. The first-order valence-corrected chi connectivity index (χ1v) is 8.29. The van der Waals surface area contributed by atoms with Crippen LogP contribution in [0.25, 0.3) is 10.8 Å². The Labute approximate surface area is 143 Å². The molecule has 3 aromatic carbocycles. The molecule has 128 valence electrons. The van der Waals surface area contributed by atoms with Gasteiger partial charge in [0.15, 0.2) is 17.5 Å². The maximum absolute atomic E-state index is 15.0. The van der Waals surface area contributed by atoms with Crippen molar-refractivity contribution in [3.63, 3.8) is 0 Å². The number of hydrogen-bond donors (Lipinski definition) is 0. The smallest absolute Gasteiger partial charge is 0.194 e. The average Bonchev–Trinajstić information content (AvgIpc) is 2.59. The average molecular weight is 344 g/mol. The van der Waals surface area contributed by atoms with E-state index in [4.69, 9.17) is 0 Å². The first-order valence-electron chi connectivity index (χ1n) is 8.29. The second-order valence-corrected chi connectivity index (χ2v) is 6.76. The van der Waals surface area contributed by atoms with Gasteiger partial charge in [0.05, 0.1) is 0 Å². The first-order chi connectivity index (χ1) is 12.0. The summed E-state index contributed by atoms with van der Waals surface area (Å²) in [6.45, 7) is 1.95. The third kappa shape index (κ3) is 2.60. The van der Waals surface area contributed by atoms with E-state index >= 15 is 0 Å². The molecule has 1 unspecified atom stereocenters. The molecule has 1 aliphatic carbocycles. The summed E-state index contributed by atoms with van der Waals surface area (Å²) < 4.78 is 55.8. The van der Waals surface area contributed by atoms with E-state index in [1.807, 2.05) is 25.1 Å². The molecule has 3 aromatic rings. The molecule has 25 heavy (non-hydrogen) atoms. The summed E-state index contributed by atoms with van der Waals surface area (Å²) in [5, 5.41) is 1.38. The molecule has 0 nitrogen and oxygen atoms in total. The summed E-state index contributed by atoms with van der Waals surface area (Å²) in [6.07, 6.45) is 1.08. The lowest BCUT2D eigenvalue weighted by Crippen LogP contribution is -2.17. The van der Waals surface area contributed by atoms with Crippen LogP contribution in [-0.4, -0.2) is 0 Å². The van der Waals surface area contributed by atoms with Crippen molar-refractivity contribution >= 4 is 10.8 Å². The van der Waals surface area contributed by atoms with Crippen molar-refractivity contribution < 1.29 is 17.6 Å². The van der Waals surface area contributed by atoms with Crippen LogP contribution in [0.3, 0.4) is 0 Å². The van der Waals surface area contributed by atoms with E-state index in [0.717, 1.165) is 17.0 Å². The fourth-order valence-corrected chi connectivity index (χ4v) is 3.83. The van der Waals surface area contributed by atoms with Crippen molar-refractivity contribution in [1.29, 1.82) is 0 Å². The van der Waals surface area contributed by atoms with Crippen molar-refractivity contribution in [1.82, 2.24) is 0 Å². The van der Waals surface area contributed by atoms with E-state index in [9.17, 15) is 17.6 Å². The number of fused-ring (bicyclic) bond motifs is 2. The van der Waals surface area contributed by atoms with Crippen LogP contribution in [0.2, 0.25) is 0 Å². The Hall–Kier alpha value is -2.36. The van der Waals surface area contributed by atoms with Crippen LogP contribution in [0.5, 0.6) is 0 Å². The lowest BCUT2D eigenvalue weighted by molar-refractivity contribution is 0.427. The van der Waals surface area contributed by atoms with Gasteiger partial charge in [0.2, 0.25) is 0 Å². The number of rotatable bonds is 1. The van der Waals surface area contributed by atoms with Crippen molar-refractivity contribution in [3.8, 4) is 0 Å². The van der Waals surface area contributed by atoms with Gasteiger partial charge in [0.25, 0.3) is 0 Å². The Morgan fingerprint density at radius 2 is 1.68 bits per heavy atom. The van der Waals surface area contributed by atoms with Crippen LogP contribution >= 0.6 is 0 Å². The minimum Gasteiger partial charge on any atom is -0.206 e. The quantitative estimate of drug-likeness (QED) is 0.376. The Morgan fingerprint density at radius 1 is 0.880 bits per heavy atom. The summed E-state index contributed by atoms with van der Waals surface area (Å²) in [4.78, 5) is 0. The molecule has 0 N–H and O–H groups in total. The molecule has 1 aliphatic rings. The Bertz CT molecular complexity index is 991. The van der Waals surface area contributed by atoms with E-state index < -0.39 is 17.5 Å². The van der Waals surface area contributed by atoms with Gasteiger partial charge in [-0.1, -0.05) is 35.9 Å².